The van der Waals surface area contributed by atoms with Crippen LogP contribution in [0.5, 0.6) is 0 Å². The summed E-state index contributed by atoms with van der Waals surface area (Å²) in [7, 11) is 1.72. The predicted molar refractivity (Wildman–Crippen MR) is 90.4 cm³/mol. The molecule has 1 amide bonds. The number of methoxy groups -OCH3 is 1. The number of ether oxygens (including phenoxy) is 1. The summed E-state index contributed by atoms with van der Waals surface area (Å²) in [5.41, 5.74) is 2.00. The number of nitrogens with zero attached hydrogens (tertiary/aromatic N) is 3. The molecular weight excluding hydrogens is 290 g/mol. The van der Waals surface area contributed by atoms with E-state index in [1.807, 2.05) is 29.2 Å². The van der Waals surface area contributed by atoms with Crippen LogP contribution in [0.1, 0.15) is 32.0 Å². The van der Waals surface area contributed by atoms with Gasteiger partial charge in [0.15, 0.2) is 0 Å². The average molecular weight is 315 g/mol. The van der Waals surface area contributed by atoms with Crippen molar-refractivity contribution in [2.24, 2.45) is 5.92 Å². The molecule has 1 aromatic heterocycles. The smallest absolute Gasteiger partial charge is 0.242 e. The first-order valence-corrected chi connectivity index (χ1v) is 8.32. The number of hydrogen-bond acceptors (Lipinski definition) is 3. The van der Waals surface area contributed by atoms with Crippen LogP contribution >= 0.6 is 0 Å². The van der Waals surface area contributed by atoms with E-state index in [4.69, 9.17) is 9.72 Å². The zero-order valence-corrected chi connectivity index (χ0v) is 14.2. The number of fused-ring (bicyclic) bond motifs is 1. The van der Waals surface area contributed by atoms with E-state index in [0.717, 1.165) is 43.0 Å². The third kappa shape index (κ3) is 3.24. The molecule has 5 heteroatoms. The molecule has 3 rings (SSSR count). The number of carbonyl (C=O) groups is 1. The number of para-hydroxylation sites is 2. The minimum Gasteiger partial charge on any atom is -0.384 e. The van der Waals surface area contributed by atoms with Gasteiger partial charge in [-0.3, -0.25) is 4.79 Å². The van der Waals surface area contributed by atoms with Crippen molar-refractivity contribution in [3.63, 3.8) is 0 Å². The third-order valence-corrected chi connectivity index (χ3v) is 4.53. The lowest BCUT2D eigenvalue weighted by molar-refractivity contribution is -0.130. The molecule has 0 radical (unpaired) electrons. The van der Waals surface area contributed by atoms with Gasteiger partial charge in [-0.2, -0.15) is 0 Å². The number of rotatable bonds is 5. The van der Waals surface area contributed by atoms with Gasteiger partial charge in [0, 0.05) is 32.0 Å². The minimum absolute atomic E-state index is 0.175. The molecule has 2 heterocycles. The molecule has 1 atom stereocenters. The second-order valence-electron chi connectivity index (χ2n) is 6.65. The first-order valence-electron chi connectivity index (χ1n) is 8.32. The highest BCUT2D eigenvalue weighted by molar-refractivity contribution is 5.81. The zero-order valence-electron chi connectivity index (χ0n) is 14.2. The van der Waals surface area contributed by atoms with Gasteiger partial charge < -0.3 is 14.2 Å². The van der Waals surface area contributed by atoms with Gasteiger partial charge in [0.2, 0.25) is 5.91 Å². The molecule has 0 N–H and O–H groups in total. The minimum atomic E-state index is 0.175. The molecule has 1 saturated heterocycles. The van der Waals surface area contributed by atoms with E-state index in [2.05, 4.69) is 18.4 Å². The number of imidazole rings is 1. The van der Waals surface area contributed by atoms with Crippen molar-refractivity contribution in [1.82, 2.24) is 14.5 Å². The number of amides is 1. The van der Waals surface area contributed by atoms with E-state index in [0.29, 0.717) is 12.5 Å². The maximum absolute atomic E-state index is 12.7. The maximum Gasteiger partial charge on any atom is 0.242 e. The fraction of sp³-hybridized carbons (Fsp3) is 0.556. The van der Waals surface area contributed by atoms with Gasteiger partial charge in [0.05, 0.1) is 17.6 Å². The summed E-state index contributed by atoms with van der Waals surface area (Å²) >= 11 is 0. The largest absolute Gasteiger partial charge is 0.384 e. The van der Waals surface area contributed by atoms with E-state index in [1.165, 1.54) is 0 Å². The molecule has 1 aliphatic heterocycles. The van der Waals surface area contributed by atoms with Crippen molar-refractivity contribution in [3.05, 3.63) is 30.1 Å². The summed E-state index contributed by atoms with van der Waals surface area (Å²) in [6, 6.07) is 8.03. The predicted octanol–water partition coefficient (Wildman–Crippen LogP) is 2.65. The summed E-state index contributed by atoms with van der Waals surface area (Å²) in [5, 5.41) is 0. The lowest BCUT2D eigenvalue weighted by Crippen LogP contribution is -2.32. The highest BCUT2D eigenvalue weighted by Crippen LogP contribution is 2.23. The summed E-state index contributed by atoms with van der Waals surface area (Å²) < 4.78 is 7.29. The molecule has 0 aliphatic carbocycles. The fourth-order valence-electron chi connectivity index (χ4n) is 3.37. The summed E-state index contributed by atoms with van der Waals surface area (Å²) in [6.07, 6.45) is 1.03. The SMILES string of the molecule is COC[C@H]1CCN(C(=O)Cn2c(C(C)C)nc3ccccc32)C1. The Morgan fingerprint density at radius 2 is 2.17 bits per heavy atom. The molecule has 1 fully saturated rings. The van der Waals surface area contributed by atoms with E-state index in [9.17, 15) is 4.79 Å². The Labute approximate surface area is 137 Å². The van der Waals surface area contributed by atoms with Crippen LogP contribution in [-0.4, -0.2) is 47.2 Å². The highest BCUT2D eigenvalue weighted by Gasteiger charge is 2.27. The third-order valence-electron chi connectivity index (χ3n) is 4.53. The van der Waals surface area contributed by atoms with E-state index in [-0.39, 0.29) is 11.8 Å². The van der Waals surface area contributed by atoms with E-state index < -0.39 is 0 Å². The number of carbonyl (C=O) groups excluding carboxylic acids is 1. The number of hydrogen-bond donors (Lipinski definition) is 0. The molecule has 124 valence electrons. The second-order valence-corrected chi connectivity index (χ2v) is 6.65. The van der Waals surface area contributed by atoms with Gasteiger partial charge in [-0.15, -0.1) is 0 Å². The van der Waals surface area contributed by atoms with Gasteiger partial charge >= 0.3 is 0 Å². The monoisotopic (exact) mass is 315 g/mol. The Bertz CT molecular complexity index is 693. The summed E-state index contributed by atoms with van der Waals surface area (Å²) in [4.78, 5) is 19.4. The molecule has 0 saturated carbocycles. The fourth-order valence-corrected chi connectivity index (χ4v) is 3.37. The molecule has 0 spiro atoms. The molecular formula is C18H25N3O2. The Morgan fingerprint density at radius 3 is 2.91 bits per heavy atom. The van der Waals surface area contributed by atoms with Crippen LogP contribution in [0, 0.1) is 5.92 Å². The Kier molecular flexibility index (Phi) is 4.66. The standard InChI is InChI=1S/C18H25N3O2/c1-13(2)18-19-15-6-4-5-7-16(15)21(18)11-17(22)20-9-8-14(10-20)12-23-3/h4-7,13-14H,8-12H2,1-3H3/t14-/m0/s1. The molecule has 5 nitrogen and oxygen atoms in total. The van der Waals surface area contributed by atoms with Crippen molar-refractivity contribution in [2.45, 2.75) is 32.7 Å². The zero-order chi connectivity index (χ0) is 16.4. The van der Waals surface area contributed by atoms with Crippen molar-refractivity contribution in [2.75, 3.05) is 26.8 Å². The van der Waals surface area contributed by atoms with Crippen molar-refractivity contribution >= 4 is 16.9 Å². The number of likely N-dealkylation sites (tertiary alicyclic amines) is 1. The van der Waals surface area contributed by atoms with E-state index in [1.54, 1.807) is 7.11 Å². The molecule has 1 aliphatic rings. The molecule has 0 unspecified atom stereocenters. The van der Waals surface area contributed by atoms with Crippen LogP contribution in [0.3, 0.4) is 0 Å². The van der Waals surface area contributed by atoms with Crippen LogP contribution in [0.2, 0.25) is 0 Å². The maximum atomic E-state index is 12.7. The summed E-state index contributed by atoms with van der Waals surface area (Å²) in [5.74, 6) is 1.91. The molecule has 1 aromatic carbocycles. The topological polar surface area (TPSA) is 47.4 Å². The van der Waals surface area contributed by atoms with Gasteiger partial charge in [0.1, 0.15) is 12.4 Å². The Morgan fingerprint density at radius 1 is 1.39 bits per heavy atom. The lowest BCUT2D eigenvalue weighted by Gasteiger charge is -2.18. The van der Waals surface area contributed by atoms with Gasteiger partial charge in [-0.05, 0) is 18.6 Å². The van der Waals surface area contributed by atoms with Gasteiger partial charge in [0.25, 0.3) is 0 Å². The molecule has 2 aromatic rings. The van der Waals surface area contributed by atoms with Crippen LogP contribution in [0.25, 0.3) is 11.0 Å². The Hall–Kier alpha value is -1.88. The van der Waals surface area contributed by atoms with Crippen LogP contribution in [-0.2, 0) is 16.1 Å². The van der Waals surface area contributed by atoms with Crippen molar-refractivity contribution in [3.8, 4) is 0 Å². The van der Waals surface area contributed by atoms with Gasteiger partial charge in [-0.25, -0.2) is 4.98 Å². The van der Waals surface area contributed by atoms with Gasteiger partial charge in [-0.1, -0.05) is 26.0 Å². The first-order chi connectivity index (χ1) is 11.1. The van der Waals surface area contributed by atoms with Crippen LogP contribution < -0.4 is 0 Å². The first kappa shape index (κ1) is 16.0. The normalized spacial score (nSPS) is 18.3. The quantitative estimate of drug-likeness (QED) is 0.852. The highest BCUT2D eigenvalue weighted by atomic mass is 16.5. The Balaban J connectivity index is 1.81. The number of aromatic nitrogens is 2. The number of benzene rings is 1. The van der Waals surface area contributed by atoms with Crippen LogP contribution in [0.15, 0.2) is 24.3 Å². The van der Waals surface area contributed by atoms with Crippen LogP contribution in [0.4, 0.5) is 0 Å². The molecule has 0 bridgehead atoms. The second kappa shape index (κ2) is 6.71. The average Bonchev–Trinajstić information content (AvgIpc) is 3.13. The lowest BCUT2D eigenvalue weighted by atomic mass is 10.1. The molecule has 23 heavy (non-hydrogen) atoms. The van der Waals surface area contributed by atoms with E-state index >= 15 is 0 Å². The van der Waals surface area contributed by atoms with Crippen molar-refractivity contribution in [1.29, 1.82) is 0 Å². The summed E-state index contributed by atoms with van der Waals surface area (Å²) in [6.45, 7) is 6.97. The van der Waals surface area contributed by atoms with Crippen molar-refractivity contribution < 1.29 is 9.53 Å².